The van der Waals surface area contributed by atoms with E-state index in [1.165, 1.54) is 18.2 Å². The molecular weight excluding hydrogens is 328 g/mol. The third kappa shape index (κ3) is 5.58. The Morgan fingerprint density at radius 1 is 0.840 bits per heavy atom. The van der Waals surface area contributed by atoms with Gasteiger partial charge in [0.25, 0.3) is 0 Å². The van der Waals surface area contributed by atoms with Crippen LogP contribution in [-0.2, 0) is 14.3 Å². The van der Waals surface area contributed by atoms with Gasteiger partial charge in [0.2, 0.25) is 0 Å². The van der Waals surface area contributed by atoms with Gasteiger partial charge in [0, 0.05) is 5.56 Å². The number of carbonyl (C=O) groups excluding carboxylic acids is 4. The lowest BCUT2D eigenvalue weighted by Crippen LogP contribution is -2.23. The first kappa shape index (κ1) is 17.9. The smallest absolute Gasteiger partial charge is 0.351 e. The predicted octanol–water partition coefficient (Wildman–Crippen LogP) is 1.84. The zero-order chi connectivity index (χ0) is 18.1. The molecular formula is C18H14O7. The summed E-state index contributed by atoms with van der Waals surface area (Å²) in [7, 11) is 0. The molecule has 2 aromatic carbocycles. The monoisotopic (exact) mass is 342 g/mol. The van der Waals surface area contributed by atoms with Crippen molar-refractivity contribution in [3.05, 3.63) is 59.7 Å². The second-order valence-corrected chi connectivity index (χ2v) is 4.77. The third-order valence-electron chi connectivity index (χ3n) is 2.97. The molecule has 128 valence electrons. The molecule has 0 radical (unpaired) electrons. The summed E-state index contributed by atoms with van der Waals surface area (Å²) in [6.07, 6.45) is 1.23. The zero-order valence-corrected chi connectivity index (χ0v) is 13.0. The van der Waals surface area contributed by atoms with Gasteiger partial charge in [-0.2, -0.15) is 0 Å². The summed E-state index contributed by atoms with van der Waals surface area (Å²) < 4.78 is 14.8. The summed E-state index contributed by atoms with van der Waals surface area (Å²) in [5, 5.41) is 0. The van der Waals surface area contributed by atoms with Crippen molar-refractivity contribution in [3.63, 3.8) is 0 Å². The molecule has 0 aliphatic carbocycles. The van der Waals surface area contributed by atoms with Crippen LogP contribution in [0.2, 0.25) is 0 Å². The van der Waals surface area contributed by atoms with Gasteiger partial charge in [-0.3, -0.25) is 9.59 Å². The Morgan fingerprint density at radius 3 is 2.28 bits per heavy atom. The Kier molecular flexibility index (Phi) is 6.41. The van der Waals surface area contributed by atoms with E-state index in [-0.39, 0.29) is 11.3 Å². The first-order chi connectivity index (χ1) is 12.1. The molecule has 0 heterocycles. The van der Waals surface area contributed by atoms with Crippen LogP contribution in [0.25, 0.3) is 0 Å². The number of esters is 2. The Hall–Kier alpha value is -3.48. The van der Waals surface area contributed by atoms with E-state index in [1.54, 1.807) is 30.3 Å². The summed E-state index contributed by atoms with van der Waals surface area (Å²) in [4.78, 5) is 44.6. The molecule has 0 spiro atoms. The molecule has 7 heteroatoms. The number of hydrogen-bond acceptors (Lipinski definition) is 7. The summed E-state index contributed by atoms with van der Waals surface area (Å²) in [6, 6.07) is 12.5. The largest absolute Gasteiger partial charge is 0.482 e. The molecule has 0 unspecified atom stereocenters. The van der Waals surface area contributed by atoms with Crippen LogP contribution in [0.15, 0.2) is 48.5 Å². The molecule has 0 aliphatic rings. The van der Waals surface area contributed by atoms with Gasteiger partial charge in [-0.05, 0) is 24.3 Å². The van der Waals surface area contributed by atoms with Crippen LogP contribution in [0.1, 0.15) is 20.7 Å². The number of para-hydroxylation sites is 1. The maximum Gasteiger partial charge on any atom is 0.351 e. The molecule has 7 nitrogen and oxygen atoms in total. The molecule has 0 aromatic heterocycles. The van der Waals surface area contributed by atoms with Crippen molar-refractivity contribution >= 4 is 24.5 Å². The van der Waals surface area contributed by atoms with E-state index in [0.29, 0.717) is 23.9 Å². The minimum atomic E-state index is -0.920. The van der Waals surface area contributed by atoms with Gasteiger partial charge in [0.05, 0.1) is 5.56 Å². The Bertz CT molecular complexity index is 782. The van der Waals surface area contributed by atoms with Gasteiger partial charge in [-0.1, -0.05) is 24.3 Å². The van der Waals surface area contributed by atoms with Crippen LogP contribution in [-0.4, -0.2) is 37.7 Å². The predicted molar refractivity (Wildman–Crippen MR) is 85.7 cm³/mol. The van der Waals surface area contributed by atoms with Crippen molar-refractivity contribution in [2.75, 3.05) is 13.2 Å². The maximum atomic E-state index is 11.6. The van der Waals surface area contributed by atoms with E-state index < -0.39 is 25.2 Å². The quantitative estimate of drug-likeness (QED) is 0.410. The Morgan fingerprint density at radius 2 is 1.56 bits per heavy atom. The fraction of sp³-hybridized carbons (Fsp3) is 0.111. The van der Waals surface area contributed by atoms with Crippen molar-refractivity contribution in [3.8, 4) is 11.5 Å². The van der Waals surface area contributed by atoms with Crippen LogP contribution < -0.4 is 9.47 Å². The molecule has 0 amide bonds. The highest BCUT2D eigenvalue weighted by molar-refractivity contribution is 5.87. The topological polar surface area (TPSA) is 96.0 Å². The van der Waals surface area contributed by atoms with Crippen LogP contribution in [0, 0.1) is 0 Å². The normalized spacial score (nSPS) is 9.76. The number of benzene rings is 2. The van der Waals surface area contributed by atoms with Crippen molar-refractivity contribution in [2.24, 2.45) is 0 Å². The van der Waals surface area contributed by atoms with Gasteiger partial charge >= 0.3 is 11.9 Å². The molecule has 2 aromatic rings. The number of hydrogen-bond donors (Lipinski definition) is 0. The minimum Gasteiger partial charge on any atom is -0.482 e. The van der Waals surface area contributed by atoms with Crippen molar-refractivity contribution in [2.45, 2.75) is 0 Å². The fourth-order valence-electron chi connectivity index (χ4n) is 1.85. The highest BCUT2D eigenvalue weighted by Gasteiger charge is 2.13. The van der Waals surface area contributed by atoms with E-state index in [9.17, 15) is 19.2 Å². The highest BCUT2D eigenvalue weighted by atomic mass is 16.6. The molecule has 0 bridgehead atoms. The molecule has 2 rings (SSSR count). The Balaban J connectivity index is 1.78. The second-order valence-electron chi connectivity index (χ2n) is 4.77. The Labute approximate surface area is 143 Å². The van der Waals surface area contributed by atoms with Gasteiger partial charge in [-0.25, -0.2) is 9.59 Å². The standard InChI is InChI=1S/C18H14O7/c19-9-13-4-3-6-15(8-13)23-11-17(21)25-18(22)12-24-16-7-2-1-5-14(16)10-20/h1-10H,11-12H2. The minimum absolute atomic E-state index is 0.212. The molecule has 0 saturated heterocycles. The highest BCUT2D eigenvalue weighted by Crippen LogP contribution is 2.15. The second kappa shape index (κ2) is 8.97. The van der Waals surface area contributed by atoms with Gasteiger partial charge in [0.1, 0.15) is 17.8 Å². The van der Waals surface area contributed by atoms with E-state index in [2.05, 4.69) is 4.74 Å². The van der Waals surface area contributed by atoms with Crippen LogP contribution >= 0.6 is 0 Å². The van der Waals surface area contributed by atoms with Crippen molar-refractivity contribution < 1.29 is 33.4 Å². The maximum absolute atomic E-state index is 11.6. The van der Waals surface area contributed by atoms with Gasteiger partial charge in [-0.15, -0.1) is 0 Å². The first-order valence-corrected chi connectivity index (χ1v) is 7.21. The average molecular weight is 342 g/mol. The molecule has 0 N–H and O–H groups in total. The van der Waals surface area contributed by atoms with Gasteiger partial charge < -0.3 is 14.2 Å². The molecule has 0 fully saturated rings. The van der Waals surface area contributed by atoms with E-state index in [1.807, 2.05) is 0 Å². The summed E-state index contributed by atoms with van der Waals surface area (Å²) in [6.45, 7) is -1.03. The van der Waals surface area contributed by atoms with Crippen LogP contribution in [0.4, 0.5) is 0 Å². The average Bonchev–Trinajstić information content (AvgIpc) is 2.65. The number of ether oxygens (including phenoxy) is 3. The third-order valence-corrected chi connectivity index (χ3v) is 2.97. The first-order valence-electron chi connectivity index (χ1n) is 7.21. The molecule has 25 heavy (non-hydrogen) atoms. The van der Waals surface area contributed by atoms with E-state index in [0.717, 1.165) is 0 Å². The molecule has 0 aliphatic heterocycles. The van der Waals surface area contributed by atoms with E-state index in [4.69, 9.17) is 9.47 Å². The number of aldehydes is 2. The van der Waals surface area contributed by atoms with Crippen molar-refractivity contribution in [1.29, 1.82) is 0 Å². The molecule has 0 saturated carbocycles. The lowest BCUT2D eigenvalue weighted by atomic mass is 10.2. The van der Waals surface area contributed by atoms with Gasteiger partial charge in [0.15, 0.2) is 19.5 Å². The summed E-state index contributed by atoms with van der Waals surface area (Å²) >= 11 is 0. The zero-order valence-electron chi connectivity index (χ0n) is 13.0. The SMILES string of the molecule is O=Cc1cccc(OCC(=O)OC(=O)COc2ccccc2C=O)c1. The number of carbonyl (C=O) groups is 4. The lowest BCUT2D eigenvalue weighted by molar-refractivity contribution is -0.162. The van der Waals surface area contributed by atoms with Crippen LogP contribution in [0.5, 0.6) is 11.5 Å². The fourth-order valence-corrected chi connectivity index (χ4v) is 1.85. The van der Waals surface area contributed by atoms with Crippen LogP contribution in [0.3, 0.4) is 0 Å². The van der Waals surface area contributed by atoms with Crippen molar-refractivity contribution in [1.82, 2.24) is 0 Å². The van der Waals surface area contributed by atoms with E-state index >= 15 is 0 Å². The number of rotatable bonds is 8. The summed E-state index contributed by atoms with van der Waals surface area (Å²) in [5.74, 6) is -1.32. The summed E-state index contributed by atoms with van der Waals surface area (Å²) in [5.41, 5.74) is 0.671. The lowest BCUT2D eigenvalue weighted by Gasteiger charge is -2.08. The molecule has 0 atom stereocenters.